The van der Waals surface area contributed by atoms with Crippen molar-refractivity contribution in [1.82, 2.24) is 45.2 Å². The molecule has 10 rings (SSSR count). The van der Waals surface area contributed by atoms with Crippen molar-refractivity contribution in [2.45, 2.75) is 0 Å². The van der Waals surface area contributed by atoms with Crippen LogP contribution in [0.15, 0.2) is 97.6 Å². The second kappa shape index (κ2) is 17.6. The summed E-state index contributed by atoms with van der Waals surface area (Å²) < 4.78 is 5.71. The molecule has 312 valence electrons. The van der Waals surface area contributed by atoms with Crippen molar-refractivity contribution >= 4 is 34.9 Å². The van der Waals surface area contributed by atoms with Gasteiger partial charge in [0.05, 0.1) is 24.6 Å². The first-order valence-electron chi connectivity index (χ1n) is 21.4. The van der Waals surface area contributed by atoms with E-state index < -0.39 is 0 Å². The Kier molecular flexibility index (Phi) is 11.2. The van der Waals surface area contributed by atoms with E-state index in [1.165, 1.54) is 0 Å². The van der Waals surface area contributed by atoms with Crippen LogP contribution in [0, 0.1) is 0 Å². The van der Waals surface area contributed by atoms with Crippen molar-refractivity contribution in [2.24, 2.45) is 0 Å². The first-order valence-corrected chi connectivity index (χ1v) is 21.4. The molecule has 0 amide bonds. The first kappa shape index (κ1) is 38.7. The number of aromatic nitrogens is 8. The normalized spacial score (nSPS) is 17.9. The van der Waals surface area contributed by atoms with Crippen molar-refractivity contribution in [3.8, 4) is 33.6 Å². The maximum Gasteiger partial charge on any atom is 0.225 e. The summed E-state index contributed by atoms with van der Waals surface area (Å²) in [6, 6.07) is 25.2. The minimum atomic E-state index is 0.688. The van der Waals surface area contributed by atoms with Crippen molar-refractivity contribution < 1.29 is 4.74 Å². The molecule has 16 nitrogen and oxygen atoms in total. The maximum atomic E-state index is 5.71. The minimum absolute atomic E-state index is 0.688. The van der Waals surface area contributed by atoms with E-state index in [9.17, 15) is 0 Å². The lowest BCUT2D eigenvalue weighted by Crippen LogP contribution is -2.48. The molecule has 4 aliphatic heterocycles. The fourth-order valence-electron chi connectivity index (χ4n) is 8.57. The highest BCUT2D eigenvalue weighted by Crippen LogP contribution is 2.35. The molecule has 4 aliphatic rings. The number of ether oxygens (including phenoxy) is 1. The van der Waals surface area contributed by atoms with E-state index in [0.717, 1.165) is 160 Å². The lowest BCUT2D eigenvalue weighted by molar-refractivity contribution is 0.122. The van der Waals surface area contributed by atoms with Gasteiger partial charge in [0.25, 0.3) is 0 Å². The molecule has 16 heteroatoms. The average Bonchev–Trinajstić information content (AvgIpc) is 3.35. The van der Waals surface area contributed by atoms with E-state index in [1.807, 2.05) is 24.5 Å². The Morgan fingerprint density at radius 3 is 1.43 bits per heavy atom. The molecule has 0 radical (unpaired) electrons. The fourth-order valence-corrected chi connectivity index (χ4v) is 8.57. The summed E-state index contributed by atoms with van der Waals surface area (Å²) in [6.07, 6.45) is 7.44. The molecule has 2 aromatic carbocycles. The van der Waals surface area contributed by atoms with Gasteiger partial charge in [-0.25, -0.2) is 19.9 Å². The van der Waals surface area contributed by atoms with E-state index in [0.29, 0.717) is 13.2 Å². The van der Waals surface area contributed by atoms with Crippen molar-refractivity contribution in [2.75, 3.05) is 141 Å². The lowest BCUT2D eigenvalue weighted by atomic mass is 10.0. The standard InChI is InChI=1S/C45H51N15O/c1-54-14-16-55(17-15-54)38-30-40(50-52-42(38)35-6-3-2-4-7-35)58-20-24-60(25-21-58)45-48-32-37(33-49-45)34-8-10-36(11-9-34)43-39(56-26-28-61-29-27-56)31-41(51-53-43)57-18-22-59(23-19-57)44-46-12-5-13-47-44/h2-13,30-33H,14-29H2,1H3. The first-order chi connectivity index (χ1) is 30.1. The molecule has 4 saturated heterocycles. The van der Waals surface area contributed by atoms with Gasteiger partial charge in [0.2, 0.25) is 11.9 Å². The monoisotopic (exact) mass is 817 g/mol. The molecule has 8 heterocycles. The third-order valence-corrected chi connectivity index (χ3v) is 12.2. The number of benzene rings is 2. The quantitative estimate of drug-likeness (QED) is 0.207. The molecule has 0 spiro atoms. The molecular weight excluding hydrogens is 767 g/mol. The highest BCUT2D eigenvalue weighted by molar-refractivity contribution is 5.79. The van der Waals surface area contributed by atoms with Gasteiger partial charge in [0, 0.05) is 145 Å². The molecule has 0 saturated carbocycles. The van der Waals surface area contributed by atoms with Crippen LogP contribution in [0.3, 0.4) is 0 Å². The van der Waals surface area contributed by atoms with Crippen LogP contribution in [0.4, 0.5) is 34.9 Å². The molecule has 0 unspecified atom stereocenters. The number of rotatable bonds is 9. The van der Waals surface area contributed by atoms with Crippen LogP contribution >= 0.6 is 0 Å². The minimum Gasteiger partial charge on any atom is -0.378 e. The Morgan fingerprint density at radius 2 is 0.869 bits per heavy atom. The van der Waals surface area contributed by atoms with Crippen LogP contribution in [0.2, 0.25) is 0 Å². The van der Waals surface area contributed by atoms with Crippen LogP contribution in [0.5, 0.6) is 0 Å². The number of piperazine rings is 3. The van der Waals surface area contributed by atoms with Gasteiger partial charge in [-0.1, -0.05) is 54.6 Å². The molecule has 6 aromatic rings. The summed E-state index contributed by atoms with van der Waals surface area (Å²) in [7, 11) is 2.19. The Balaban J connectivity index is 0.802. The van der Waals surface area contributed by atoms with Gasteiger partial charge in [-0.15, -0.1) is 20.4 Å². The van der Waals surface area contributed by atoms with E-state index in [1.54, 1.807) is 12.4 Å². The van der Waals surface area contributed by atoms with E-state index in [-0.39, 0.29) is 0 Å². The summed E-state index contributed by atoms with van der Waals surface area (Å²) in [5.41, 5.74) is 8.17. The zero-order valence-electron chi connectivity index (χ0n) is 34.7. The zero-order chi connectivity index (χ0) is 41.0. The zero-order valence-corrected chi connectivity index (χ0v) is 34.7. The third kappa shape index (κ3) is 8.45. The van der Waals surface area contributed by atoms with Crippen LogP contribution < -0.4 is 29.4 Å². The molecule has 0 bridgehead atoms. The van der Waals surface area contributed by atoms with Crippen LogP contribution in [-0.2, 0) is 4.74 Å². The van der Waals surface area contributed by atoms with E-state index in [2.05, 4.69) is 112 Å². The molecule has 0 N–H and O–H groups in total. The maximum absolute atomic E-state index is 5.71. The van der Waals surface area contributed by atoms with Crippen LogP contribution in [0.25, 0.3) is 33.6 Å². The topological polar surface area (TPSA) is 135 Å². The number of likely N-dealkylation sites (N-methyl/N-ethyl adjacent to an activating group) is 1. The molecule has 4 aromatic heterocycles. The fraction of sp³-hybridized carbons (Fsp3) is 0.378. The largest absolute Gasteiger partial charge is 0.378 e. The molecule has 4 fully saturated rings. The van der Waals surface area contributed by atoms with E-state index >= 15 is 0 Å². The number of nitrogens with zero attached hydrogens (tertiary/aromatic N) is 15. The second-order valence-electron chi connectivity index (χ2n) is 16.0. The van der Waals surface area contributed by atoms with Crippen molar-refractivity contribution in [3.63, 3.8) is 0 Å². The number of hydrogen-bond donors (Lipinski definition) is 0. The summed E-state index contributed by atoms with van der Waals surface area (Å²) in [6.45, 7) is 13.5. The average molecular weight is 818 g/mol. The van der Waals surface area contributed by atoms with Crippen molar-refractivity contribution in [3.05, 3.63) is 97.6 Å². The molecule has 61 heavy (non-hydrogen) atoms. The number of anilines is 6. The van der Waals surface area contributed by atoms with Crippen molar-refractivity contribution in [1.29, 1.82) is 0 Å². The lowest BCUT2D eigenvalue weighted by Gasteiger charge is -2.37. The number of hydrogen-bond acceptors (Lipinski definition) is 16. The van der Waals surface area contributed by atoms with Gasteiger partial charge >= 0.3 is 0 Å². The smallest absolute Gasteiger partial charge is 0.225 e. The van der Waals surface area contributed by atoms with Crippen LogP contribution in [-0.4, -0.2) is 157 Å². The van der Waals surface area contributed by atoms with Gasteiger partial charge in [-0.2, -0.15) is 0 Å². The molecule has 0 atom stereocenters. The van der Waals surface area contributed by atoms with E-state index in [4.69, 9.17) is 35.1 Å². The number of morpholine rings is 1. The van der Waals surface area contributed by atoms with Gasteiger partial charge in [-0.05, 0) is 18.7 Å². The highest BCUT2D eigenvalue weighted by Gasteiger charge is 2.26. The summed E-state index contributed by atoms with van der Waals surface area (Å²) >= 11 is 0. The van der Waals surface area contributed by atoms with Gasteiger partial charge < -0.3 is 39.0 Å². The van der Waals surface area contributed by atoms with Crippen LogP contribution in [0.1, 0.15) is 0 Å². The second-order valence-corrected chi connectivity index (χ2v) is 16.0. The van der Waals surface area contributed by atoms with Gasteiger partial charge in [0.15, 0.2) is 11.6 Å². The van der Waals surface area contributed by atoms with Gasteiger partial charge in [0.1, 0.15) is 11.4 Å². The summed E-state index contributed by atoms with van der Waals surface area (Å²) in [4.78, 5) is 34.9. The SMILES string of the molecule is CN1CCN(c2cc(N3CCN(c4ncc(-c5ccc(-c6nnc(N7CCN(c8ncccn8)CC7)cc6N6CCOCC6)cc5)cn4)CC3)nnc2-c2ccccc2)CC1. The Morgan fingerprint density at radius 1 is 0.410 bits per heavy atom. The summed E-state index contributed by atoms with van der Waals surface area (Å²) in [5, 5.41) is 19.2. The predicted octanol–water partition coefficient (Wildman–Crippen LogP) is 4.09. The Bertz CT molecular complexity index is 2360. The van der Waals surface area contributed by atoms with Gasteiger partial charge in [-0.3, -0.25) is 0 Å². The Labute approximate surface area is 356 Å². The molecule has 0 aliphatic carbocycles. The summed E-state index contributed by atoms with van der Waals surface area (Å²) in [5.74, 6) is 3.31. The highest BCUT2D eigenvalue weighted by atomic mass is 16.5. The third-order valence-electron chi connectivity index (χ3n) is 12.2. The predicted molar refractivity (Wildman–Crippen MR) is 240 cm³/mol. The Hall–Kier alpha value is -6.52. The molecular formula is C45H51N15O.